The smallest absolute Gasteiger partial charge is 0.323 e. The number of aromatic nitrogens is 1. The lowest BCUT2D eigenvalue weighted by Gasteiger charge is -2.24. The fraction of sp³-hybridized carbons (Fsp3) is 0.326. The summed E-state index contributed by atoms with van der Waals surface area (Å²) < 4.78 is 26.5. The highest BCUT2D eigenvalue weighted by atomic mass is 32.2. The Morgan fingerprint density at radius 2 is 1.65 bits per heavy atom. The number of hydrogen-bond donors (Lipinski definition) is 5. The number of pyridine rings is 1. The molecule has 4 aromatic carbocycles. The number of nitrogens with one attached hydrogen (secondary N) is 5. The first-order chi connectivity index (χ1) is 27.5. The zero-order valence-corrected chi connectivity index (χ0v) is 34.1. The number of carbonyl (C=O) groups excluding carboxylic acids is 2. The maximum atomic E-state index is 13.5. The van der Waals surface area contributed by atoms with Crippen molar-refractivity contribution in [3.63, 3.8) is 0 Å². The number of amides is 3. The number of rotatable bonds is 14. The third-order valence-corrected chi connectivity index (χ3v) is 9.84. The van der Waals surface area contributed by atoms with Crippen molar-refractivity contribution >= 4 is 63.2 Å². The quantitative estimate of drug-likeness (QED) is 0.0687. The standard InChI is InChI=1S/C43H51N7O6S/c1-43(2,3)29-24-36(40(54-5)37(25-29)49-57-6)48-42(52)47-35-12-13-38(34-11-8-7-10-33(34)35)56-31-14-15-44-39(27-31)46-30-22-28(23-32(26-30)53-4)41(51)45-16-18-50-17-9-20-55-21-19-50/h7-8,10-15,22-27,49H,9,16-21H2,1-6H3,(H,44,46)(H,45,51)(H2,47,48,52). The maximum absolute atomic E-state index is 13.5. The van der Waals surface area contributed by atoms with Gasteiger partial charge in [0.15, 0.2) is 5.75 Å². The van der Waals surface area contributed by atoms with E-state index in [0.29, 0.717) is 64.6 Å². The van der Waals surface area contributed by atoms with Crippen LogP contribution in [-0.2, 0) is 10.2 Å². The predicted octanol–water partition coefficient (Wildman–Crippen LogP) is 8.87. The van der Waals surface area contributed by atoms with Crippen LogP contribution in [0.4, 0.5) is 33.4 Å². The van der Waals surface area contributed by atoms with Gasteiger partial charge in [-0.2, -0.15) is 0 Å². The van der Waals surface area contributed by atoms with Crippen LogP contribution in [0.1, 0.15) is 43.1 Å². The van der Waals surface area contributed by atoms with Crippen LogP contribution in [0, 0.1) is 0 Å². The summed E-state index contributed by atoms with van der Waals surface area (Å²) in [6.45, 7) is 10.9. The maximum Gasteiger partial charge on any atom is 0.323 e. The summed E-state index contributed by atoms with van der Waals surface area (Å²) in [5.41, 5.74) is 3.91. The average Bonchev–Trinajstić information content (AvgIpc) is 3.47. The van der Waals surface area contributed by atoms with Crippen LogP contribution in [0.3, 0.4) is 0 Å². The number of ether oxygens (including phenoxy) is 4. The Labute approximate surface area is 338 Å². The third kappa shape index (κ3) is 10.8. The van der Waals surface area contributed by atoms with Crippen molar-refractivity contribution in [2.75, 3.05) is 80.5 Å². The molecular weight excluding hydrogens is 743 g/mol. The largest absolute Gasteiger partial charge is 0.497 e. The first-order valence-corrected chi connectivity index (χ1v) is 20.1. The Bertz CT molecular complexity index is 2190. The van der Waals surface area contributed by atoms with E-state index in [1.807, 2.05) is 54.8 Å². The second kappa shape index (κ2) is 19.0. The van der Waals surface area contributed by atoms with Crippen molar-refractivity contribution in [2.24, 2.45) is 0 Å². The number of fused-ring (bicyclic) bond motifs is 1. The minimum Gasteiger partial charge on any atom is -0.497 e. The van der Waals surface area contributed by atoms with Gasteiger partial charge < -0.3 is 44.9 Å². The molecule has 1 aliphatic rings. The molecular formula is C43H51N7O6S. The van der Waals surface area contributed by atoms with Gasteiger partial charge in [-0.1, -0.05) is 57.0 Å². The number of anilines is 5. The number of nitrogens with zero attached hydrogens (tertiary/aromatic N) is 2. The summed E-state index contributed by atoms with van der Waals surface area (Å²) in [6, 6.07) is 23.7. The highest BCUT2D eigenvalue weighted by Gasteiger charge is 2.21. The molecule has 14 heteroatoms. The van der Waals surface area contributed by atoms with Gasteiger partial charge in [0.2, 0.25) is 0 Å². The van der Waals surface area contributed by atoms with Crippen LogP contribution in [0.2, 0.25) is 0 Å². The van der Waals surface area contributed by atoms with Crippen LogP contribution in [0.25, 0.3) is 10.8 Å². The molecule has 5 aromatic rings. The summed E-state index contributed by atoms with van der Waals surface area (Å²) in [5.74, 6) is 2.52. The molecule has 300 valence electrons. The number of urea groups is 1. The van der Waals surface area contributed by atoms with E-state index in [9.17, 15) is 9.59 Å². The minimum atomic E-state index is -0.417. The lowest BCUT2D eigenvalue weighted by molar-refractivity contribution is 0.0947. The van der Waals surface area contributed by atoms with E-state index < -0.39 is 6.03 Å². The molecule has 0 bridgehead atoms. The molecule has 0 radical (unpaired) electrons. The van der Waals surface area contributed by atoms with E-state index in [1.54, 1.807) is 50.7 Å². The summed E-state index contributed by atoms with van der Waals surface area (Å²) >= 11 is 1.45. The van der Waals surface area contributed by atoms with E-state index in [1.165, 1.54) is 11.9 Å². The summed E-state index contributed by atoms with van der Waals surface area (Å²) in [4.78, 5) is 33.5. The molecule has 0 saturated carbocycles. The molecule has 1 fully saturated rings. The normalized spacial score (nSPS) is 13.3. The van der Waals surface area contributed by atoms with Gasteiger partial charge >= 0.3 is 6.03 Å². The molecule has 0 unspecified atom stereocenters. The molecule has 1 saturated heterocycles. The van der Waals surface area contributed by atoms with Crippen LogP contribution >= 0.6 is 11.9 Å². The molecule has 6 rings (SSSR count). The molecule has 3 amide bonds. The summed E-state index contributed by atoms with van der Waals surface area (Å²) in [7, 11) is 3.15. The van der Waals surface area contributed by atoms with Crippen LogP contribution in [0.5, 0.6) is 23.0 Å². The van der Waals surface area contributed by atoms with Crippen molar-refractivity contribution < 1.29 is 28.5 Å². The van der Waals surface area contributed by atoms with E-state index in [2.05, 4.69) is 56.6 Å². The molecule has 0 atom stereocenters. The first kappa shape index (κ1) is 40.9. The third-order valence-electron chi connectivity index (χ3n) is 9.42. The van der Waals surface area contributed by atoms with E-state index in [-0.39, 0.29) is 11.3 Å². The van der Waals surface area contributed by atoms with Crippen molar-refractivity contribution in [1.82, 2.24) is 15.2 Å². The molecule has 5 N–H and O–H groups in total. The summed E-state index contributed by atoms with van der Waals surface area (Å²) in [6.07, 6.45) is 4.57. The topological polar surface area (TPSA) is 147 Å². The fourth-order valence-corrected chi connectivity index (χ4v) is 6.87. The van der Waals surface area contributed by atoms with Crippen molar-refractivity contribution in [1.29, 1.82) is 0 Å². The molecule has 1 aromatic heterocycles. The van der Waals surface area contributed by atoms with E-state index >= 15 is 0 Å². The number of benzene rings is 4. The molecule has 1 aliphatic heterocycles. The van der Waals surface area contributed by atoms with E-state index in [0.717, 1.165) is 54.7 Å². The van der Waals surface area contributed by atoms with Gasteiger partial charge in [0, 0.05) is 79.4 Å². The first-order valence-electron chi connectivity index (χ1n) is 18.8. The molecule has 2 heterocycles. The predicted molar refractivity (Wildman–Crippen MR) is 230 cm³/mol. The zero-order valence-electron chi connectivity index (χ0n) is 33.3. The van der Waals surface area contributed by atoms with Crippen LogP contribution in [0.15, 0.2) is 85.1 Å². The molecule has 13 nitrogen and oxygen atoms in total. The second-order valence-electron chi connectivity index (χ2n) is 14.5. The lowest BCUT2D eigenvalue weighted by Crippen LogP contribution is -2.36. The van der Waals surface area contributed by atoms with Gasteiger partial charge in [-0.15, -0.1) is 0 Å². The van der Waals surface area contributed by atoms with Gasteiger partial charge in [-0.25, -0.2) is 9.78 Å². The molecule has 57 heavy (non-hydrogen) atoms. The number of hydrogen-bond acceptors (Lipinski definition) is 11. The highest BCUT2D eigenvalue weighted by molar-refractivity contribution is 7.99. The van der Waals surface area contributed by atoms with Crippen molar-refractivity contribution in [3.8, 4) is 23.0 Å². The van der Waals surface area contributed by atoms with Gasteiger partial charge in [0.1, 0.15) is 23.1 Å². The Morgan fingerprint density at radius 3 is 2.42 bits per heavy atom. The Balaban J connectivity index is 1.15. The number of carbonyl (C=O) groups is 2. The Kier molecular flexibility index (Phi) is 13.6. The zero-order chi connectivity index (χ0) is 40.4. The minimum absolute atomic E-state index is 0.161. The van der Waals surface area contributed by atoms with Crippen LogP contribution in [-0.4, -0.2) is 81.7 Å². The second-order valence-corrected chi connectivity index (χ2v) is 15.1. The van der Waals surface area contributed by atoms with E-state index in [4.69, 9.17) is 18.9 Å². The Hall–Kier alpha value is -5.70. The number of methoxy groups -OCH3 is 2. The van der Waals surface area contributed by atoms with Gasteiger partial charge in [0.25, 0.3) is 5.91 Å². The van der Waals surface area contributed by atoms with Gasteiger partial charge in [0.05, 0.1) is 37.9 Å². The Morgan fingerprint density at radius 1 is 0.860 bits per heavy atom. The van der Waals surface area contributed by atoms with Gasteiger partial charge in [-0.05, 0) is 59.9 Å². The average molecular weight is 794 g/mol. The lowest BCUT2D eigenvalue weighted by atomic mass is 9.86. The molecule has 0 aliphatic carbocycles. The monoisotopic (exact) mass is 793 g/mol. The van der Waals surface area contributed by atoms with Crippen molar-refractivity contribution in [2.45, 2.75) is 32.6 Å². The SMILES string of the molecule is COc1cc(Nc2cc(Oc3ccc(NC(=O)Nc4cc(C(C)(C)C)cc(NSC)c4OC)c4ccccc34)ccn2)cc(C(=O)NCCN2CCCOCC2)c1. The highest BCUT2D eigenvalue weighted by Crippen LogP contribution is 2.40. The summed E-state index contributed by atoms with van der Waals surface area (Å²) in [5, 5.41) is 13.9. The fourth-order valence-electron chi connectivity index (χ4n) is 6.49. The van der Waals surface area contributed by atoms with Crippen molar-refractivity contribution in [3.05, 3.63) is 96.2 Å². The molecule has 0 spiro atoms. The van der Waals surface area contributed by atoms with Gasteiger partial charge in [-0.3, -0.25) is 9.69 Å². The van der Waals surface area contributed by atoms with Crippen LogP contribution < -0.4 is 40.2 Å².